The number of hydrogen-bond acceptors (Lipinski definition) is 4. The Balaban J connectivity index is 0.834. The first-order valence-electron chi connectivity index (χ1n) is 29.8. The van der Waals surface area contributed by atoms with Crippen LogP contribution in [0.2, 0.25) is 0 Å². The maximum atomic E-state index is 6.84. The van der Waals surface area contributed by atoms with Crippen LogP contribution in [0.3, 0.4) is 0 Å². The molecule has 4 nitrogen and oxygen atoms in total. The van der Waals surface area contributed by atoms with Gasteiger partial charge < -0.3 is 18.6 Å². The van der Waals surface area contributed by atoms with Gasteiger partial charge in [0, 0.05) is 61.5 Å². The van der Waals surface area contributed by atoms with Crippen molar-refractivity contribution in [3.63, 3.8) is 0 Å². The van der Waals surface area contributed by atoms with Gasteiger partial charge in [-0.25, -0.2) is 0 Å². The molecule has 11 aromatic carbocycles. The van der Waals surface area contributed by atoms with Crippen LogP contribution >= 0.6 is 0 Å². The van der Waals surface area contributed by atoms with Gasteiger partial charge in [0.2, 0.25) is 0 Å². The lowest BCUT2D eigenvalue weighted by molar-refractivity contribution is 0.590. The minimum Gasteiger partial charge on any atom is -0.456 e. The second kappa shape index (κ2) is 19.4. The first kappa shape index (κ1) is 50.1. The Kier molecular flexibility index (Phi) is 11.9. The topological polar surface area (TPSA) is 32.8 Å². The maximum absolute atomic E-state index is 6.84. The van der Waals surface area contributed by atoms with E-state index >= 15 is 0 Å². The van der Waals surface area contributed by atoms with E-state index in [2.05, 4.69) is 258 Å². The number of benzene rings is 11. The summed E-state index contributed by atoms with van der Waals surface area (Å²) in [5.74, 6) is 0. The Labute approximate surface area is 481 Å². The molecule has 402 valence electrons. The second-order valence-electron chi connectivity index (χ2n) is 25.4. The van der Waals surface area contributed by atoms with Crippen molar-refractivity contribution in [3.05, 3.63) is 240 Å². The van der Waals surface area contributed by atoms with Crippen LogP contribution in [0, 0.1) is 0 Å². The van der Waals surface area contributed by atoms with Gasteiger partial charge >= 0.3 is 0 Å². The summed E-state index contributed by atoms with van der Waals surface area (Å²) in [7, 11) is 0. The van der Waals surface area contributed by atoms with Crippen LogP contribution < -0.4 is 9.80 Å². The molecule has 4 heteroatoms. The predicted octanol–water partition coefficient (Wildman–Crippen LogP) is 22.4. The molecule has 0 aliphatic heterocycles. The van der Waals surface area contributed by atoms with Crippen LogP contribution in [0.1, 0.15) is 101 Å². The lowest BCUT2D eigenvalue weighted by Gasteiger charge is -2.32. The summed E-state index contributed by atoms with van der Waals surface area (Å²) in [4.78, 5) is 4.96. The first-order valence-corrected chi connectivity index (χ1v) is 29.8. The molecule has 0 bridgehead atoms. The molecule has 0 N–H and O–H groups in total. The summed E-state index contributed by atoms with van der Waals surface area (Å²) in [5.41, 5.74) is 24.1. The number of rotatable bonds is 8. The average molecular weight is 1070 g/mol. The molecule has 0 radical (unpaired) electrons. The van der Waals surface area contributed by atoms with E-state index in [0.717, 1.165) is 103 Å². The molecule has 0 unspecified atom stereocenters. The van der Waals surface area contributed by atoms with E-state index in [0.29, 0.717) is 0 Å². The highest BCUT2D eigenvalue weighted by molar-refractivity contribution is 6.18. The second-order valence-corrected chi connectivity index (χ2v) is 25.4. The Bertz CT molecular complexity index is 4330. The molecule has 82 heavy (non-hydrogen) atoms. The van der Waals surface area contributed by atoms with E-state index in [1.807, 2.05) is 0 Å². The molecule has 2 aliphatic carbocycles. The van der Waals surface area contributed by atoms with Gasteiger partial charge in [-0.15, -0.1) is 0 Å². The van der Waals surface area contributed by atoms with Crippen molar-refractivity contribution in [2.24, 2.45) is 0 Å². The van der Waals surface area contributed by atoms with Gasteiger partial charge in [0.1, 0.15) is 22.3 Å². The molecule has 0 amide bonds. The molecular formula is C78H68N2O2. The van der Waals surface area contributed by atoms with Gasteiger partial charge in [0.05, 0.1) is 11.4 Å². The van der Waals surface area contributed by atoms with Crippen LogP contribution in [0.25, 0.3) is 87.7 Å². The monoisotopic (exact) mass is 1060 g/mol. The molecule has 2 aliphatic rings. The minimum absolute atomic E-state index is 0.0422. The smallest absolute Gasteiger partial charge is 0.139 e. The molecular weight excluding hydrogens is 997 g/mol. The minimum atomic E-state index is 0.0422. The van der Waals surface area contributed by atoms with Crippen molar-refractivity contribution >= 4 is 99.5 Å². The van der Waals surface area contributed by atoms with Crippen LogP contribution in [0.4, 0.5) is 34.1 Å². The number of anilines is 6. The Morgan fingerprint density at radius 2 is 0.695 bits per heavy atom. The lowest BCUT2D eigenvalue weighted by Crippen LogP contribution is -2.15. The summed E-state index contributed by atoms with van der Waals surface area (Å²) in [6, 6.07) is 77.4. The largest absolute Gasteiger partial charge is 0.456 e. The summed E-state index contributed by atoms with van der Waals surface area (Å²) in [6.07, 6.45) is 9.32. The maximum Gasteiger partial charge on any atom is 0.139 e. The number of fused-ring (bicyclic) bond motifs is 10. The van der Waals surface area contributed by atoms with E-state index in [1.165, 1.54) is 103 Å². The highest BCUT2D eigenvalue weighted by Gasteiger charge is 2.27. The van der Waals surface area contributed by atoms with Crippen molar-refractivity contribution in [1.29, 1.82) is 0 Å². The van der Waals surface area contributed by atoms with Crippen LogP contribution in [0.5, 0.6) is 0 Å². The fourth-order valence-corrected chi connectivity index (χ4v) is 13.7. The molecule has 2 heterocycles. The summed E-state index contributed by atoms with van der Waals surface area (Å²) in [6.45, 7) is 13.7. The zero-order valence-corrected chi connectivity index (χ0v) is 48.0. The van der Waals surface area contributed by atoms with Crippen molar-refractivity contribution in [2.75, 3.05) is 9.80 Å². The normalized spacial score (nSPS) is 13.8. The number of aryl methyl sites for hydroxylation is 2. The van der Waals surface area contributed by atoms with Crippen molar-refractivity contribution in [2.45, 2.75) is 104 Å². The van der Waals surface area contributed by atoms with Gasteiger partial charge in [-0.1, -0.05) is 151 Å². The van der Waals surface area contributed by atoms with Crippen molar-refractivity contribution in [3.8, 4) is 22.3 Å². The molecule has 0 atom stereocenters. The van der Waals surface area contributed by atoms with E-state index in [1.54, 1.807) is 0 Å². The Hall–Kier alpha value is -8.86. The quantitative estimate of drug-likeness (QED) is 0.152. The third-order valence-electron chi connectivity index (χ3n) is 18.1. The van der Waals surface area contributed by atoms with Gasteiger partial charge in [-0.3, -0.25) is 0 Å². The highest BCUT2D eigenvalue weighted by Crippen LogP contribution is 2.49. The molecule has 0 fully saturated rings. The van der Waals surface area contributed by atoms with Crippen LogP contribution in [0.15, 0.2) is 215 Å². The number of furan rings is 2. The van der Waals surface area contributed by atoms with Crippen molar-refractivity contribution < 1.29 is 8.83 Å². The van der Waals surface area contributed by atoms with Gasteiger partial charge in [-0.05, 0) is 219 Å². The molecule has 2 aromatic heterocycles. The molecule has 0 saturated heterocycles. The molecule has 15 rings (SSSR count). The van der Waals surface area contributed by atoms with Crippen molar-refractivity contribution in [1.82, 2.24) is 0 Å². The van der Waals surface area contributed by atoms with Gasteiger partial charge in [-0.2, -0.15) is 0 Å². The zero-order chi connectivity index (χ0) is 55.4. The standard InChI is InChI=1S/C78H68N2O2/c1-77(2,3)57-29-35-59(36-30-57)79(69-39-27-49-17-13-15-23-63(49)75(69)51-19-9-7-10-20-51)61-33-25-53-43-65-67-47-68-66-44-54-26-34-62(42-56(54)46-72(66)82-74(68)48-73(67)81-71(65)45-55(53)41-61)80(60-37-31-58(32-38-60)78(4,5)6)70-40-28-50-18-14-16-24-64(50)76(70)52-21-11-8-12-22-52/h7-12,19-22,25-48H,13-18,23-24H2,1-6H3. The summed E-state index contributed by atoms with van der Waals surface area (Å²) >= 11 is 0. The first-order chi connectivity index (χ1) is 39.9. The number of hydrogen-bond donors (Lipinski definition) is 0. The molecule has 0 spiro atoms. The third kappa shape index (κ3) is 8.65. The number of nitrogens with zero attached hydrogens (tertiary/aromatic N) is 2. The van der Waals surface area contributed by atoms with E-state index < -0.39 is 0 Å². The summed E-state index contributed by atoms with van der Waals surface area (Å²) < 4.78 is 13.7. The van der Waals surface area contributed by atoms with E-state index in [4.69, 9.17) is 8.83 Å². The van der Waals surface area contributed by atoms with Gasteiger partial charge in [0.15, 0.2) is 0 Å². The average Bonchev–Trinajstić information content (AvgIpc) is 3.46. The fraction of sp³-hybridized carbons (Fsp3) is 0.205. The third-order valence-corrected chi connectivity index (χ3v) is 18.1. The lowest BCUT2D eigenvalue weighted by atomic mass is 9.84. The Morgan fingerprint density at radius 1 is 0.317 bits per heavy atom. The summed E-state index contributed by atoms with van der Waals surface area (Å²) in [5, 5.41) is 8.95. The van der Waals surface area contributed by atoms with Gasteiger partial charge in [0.25, 0.3) is 0 Å². The van der Waals surface area contributed by atoms with E-state index in [9.17, 15) is 0 Å². The van der Waals surface area contributed by atoms with E-state index in [-0.39, 0.29) is 10.8 Å². The predicted molar refractivity (Wildman–Crippen MR) is 347 cm³/mol. The highest BCUT2D eigenvalue weighted by atomic mass is 16.3. The molecule has 0 saturated carbocycles. The SMILES string of the molecule is CC(C)(C)c1ccc(N(c2ccc3cc4c(cc3c2)oc2cc3oc5cc6cc(N(c7ccc(C(C)(C)C)cc7)c7ccc8c(c7-c7ccccc7)CCCC8)ccc6cc5c3cc24)c2ccc3c(c2-c2ccccc2)CCCC3)cc1. The Morgan fingerprint density at radius 3 is 1.11 bits per heavy atom. The zero-order valence-electron chi connectivity index (χ0n) is 48.0. The fourth-order valence-electron chi connectivity index (χ4n) is 13.7. The van der Waals surface area contributed by atoms with Crippen LogP contribution in [-0.4, -0.2) is 0 Å². The van der Waals surface area contributed by atoms with Crippen LogP contribution in [-0.2, 0) is 36.5 Å². The molecule has 13 aromatic rings.